The molecule has 28 heavy (non-hydrogen) atoms. The average molecular weight is 600 g/mol. The van der Waals surface area contributed by atoms with Crippen LogP contribution >= 0.6 is 23.5 Å². The van der Waals surface area contributed by atoms with Crippen LogP contribution in [0.2, 0.25) is 0 Å². The van der Waals surface area contributed by atoms with Gasteiger partial charge in [-0.1, -0.05) is 6.92 Å². The van der Waals surface area contributed by atoms with Gasteiger partial charge in [0.2, 0.25) is 0 Å². The molecule has 2 aliphatic rings. The van der Waals surface area contributed by atoms with E-state index in [0.717, 1.165) is 35.8 Å². The fourth-order valence-electron chi connectivity index (χ4n) is 2.77. The van der Waals surface area contributed by atoms with Crippen molar-refractivity contribution in [2.45, 2.75) is 43.6 Å². The predicted octanol–water partition coefficient (Wildman–Crippen LogP) is 3.63. The van der Waals surface area contributed by atoms with Crippen molar-refractivity contribution in [1.29, 1.82) is 0 Å². The van der Waals surface area contributed by atoms with E-state index in [1.165, 1.54) is 5.56 Å². The van der Waals surface area contributed by atoms with E-state index in [4.69, 9.17) is 9.47 Å². The van der Waals surface area contributed by atoms with Crippen LogP contribution in [0.25, 0.3) is 0 Å². The molecule has 5 nitrogen and oxygen atoms in total. The van der Waals surface area contributed by atoms with Gasteiger partial charge in [0.15, 0.2) is 5.91 Å². The van der Waals surface area contributed by atoms with Crippen LogP contribution in [0.5, 0.6) is 11.5 Å². The molecule has 1 aliphatic carbocycles. The van der Waals surface area contributed by atoms with E-state index in [0.29, 0.717) is 23.9 Å². The van der Waals surface area contributed by atoms with Gasteiger partial charge < -0.3 is 4.90 Å². The van der Waals surface area contributed by atoms with Crippen LogP contribution < -0.4 is 14.8 Å². The Morgan fingerprint density at radius 2 is 2.11 bits per heavy atom. The molecule has 0 aromatic heterocycles. The Labute approximate surface area is 187 Å². The summed E-state index contributed by atoms with van der Waals surface area (Å²) in [6, 6.07) is 7.19. The largest absolute Gasteiger partial charge is 0.493 e. The molecular weight excluding hydrogens is 571 g/mol. The molecule has 0 spiro atoms. The third-order valence-electron chi connectivity index (χ3n) is 4.53. The Balaban J connectivity index is 0.000000261. The molecule has 2 fully saturated rings. The minimum atomic E-state index is 0.164. The first-order valence-corrected chi connectivity index (χ1v) is 12.8. The van der Waals surface area contributed by atoms with Gasteiger partial charge in [-0.3, -0.25) is 11.8 Å². The SMILES string of the molecule is COc1ccc(C2NC(CS[CH]=[Os])CS2)cc1OC.[CH2-]N(C(=O)CC)C1CC1. The fourth-order valence-corrected chi connectivity index (χ4v) is 5.43. The van der Waals surface area contributed by atoms with Crippen LogP contribution in [0.3, 0.4) is 0 Å². The maximum atomic E-state index is 10.9. The second-order valence-electron chi connectivity index (χ2n) is 6.56. The molecule has 1 saturated heterocycles. The molecule has 3 rings (SSSR count). The first-order chi connectivity index (χ1) is 13.5. The van der Waals surface area contributed by atoms with Crippen molar-refractivity contribution in [2.24, 2.45) is 0 Å². The molecule has 1 N–H and O–H groups in total. The van der Waals surface area contributed by atoms with Crippen molar-refractivity contribution in [3.05, 3.63) is 30.8 Å². The van der Waals surface area contributed by atoms with E-state index in [-0.39, 0.29) is 5.91 Å². The first kappa shape index (κ1) is 23.7. The number of carbonyl (C=O) groups is 1. The maximum Gasteiger partial charge on any atom is 0.193 e. The number of nitrogens with one attached hydrogen (secondary N) is 1. The average Bonchev–Trinajstić information content (AvgIpc) is 3.48. The van der Waals surface area contributed by atoms with E-state index >= 15 is 0 Å². The molecule has 1 aromatic rings. The number of amides is 1. The molecular formula is C20H29N2O3OsS2-. The van der Waals surface area contributed by atoms with Crippen LogP contribution in [0.1, 0.15) is 37.1 Å². The summed E-state index contributed by atoms with van der Waals surface area (Å²) in [6.07, 6.45) is 2.88. The van der Waals surface area contributed by atoms with Crippen LogP contribution in [0.4, 0.5) is 0 Å². The van der Waals surface area contributed by atoms with Crippen molar-refractivity contribution < 1.29 is 32.4 Å². The number of nitrogens with zero attached hydrogens (tertiary/aromatic N) is 1. The summed E-state index contributed by atoms with van der Waals surface area (Å²) in [7, 11) is 6.99. The van der Waals surface area contributed by atoms with Crippen LogP contribution in [0.15, 0.2) is 18.2 Å². The molecule has 1 saturated carbocycles. The van der Waals surface area contributed by atoms with Gasteiger partial charge in [-0.15, -0.1) is 0 Å². The molecule has 8 heteroatoms. The third kappa shape index (κ3) is 7.05. The summed E-state index contributed by atoms with van der Waals surface area (Å²) in [5.41, 5.74) is 1.25. The predicted molar refractivity (Wildman–Crippen MR) is 116 cm³/mol. The van der Waals surface area contributed by atoms with E-state index < -0.39 is 0 Å². The number of carbonyl (C=O) groups excluding carboxylic acids is 1. The number of thioether (sulfide) groups is 2. The van der Waals surface area contributed by atoms with Gasteiger partial charge in [0, 0.05) is 12.5 Å². The summed E-state index contributed by atoms with van der Waals surface area (Å²) < 4.78 is 12.8. The number of ether oxygens (including phenoxy) is 2. The monoisotopic (exact) mass is 601 g/mol. The maximum absolute atomic E-state index is 10.9. The number of rotatable bonds is 8. The van der Waals surface area contributed by atoms with Gasteiger partial charge in [0.25, 0.3) is 0 Å². The van der Waals surface area contributed by atoms with Gasteiger partial charge in [-0.2, -0.15) is 0 Å². The van der Waals surface area contributed by atoms with Crippen molar-refractivity contribution in [2.75, 3.05) is 25.7 Å². The van der Waals surface area contributed by atoms with Gasteiger partial charge in [0.05, 0.1) is 0 Å². The quantitative estimate of drug-likeness (QED) is 0.461. The molecule has 0 radical (unpaired) electrons. The topological polar surface area (TPSA) is 50.8 Å². The Morgan fingerprint density at radius 1 is 1.39 bits per heavy atom. The molecule has 1 heterocycles. The van der Waals surface area contributed by atoms with Crippen molar-refractivity contribution in [3.63, 3.8) is 0 Å². The molecule has 2 unspecified atom stereocenters. The second kappa shape index (κ2) is 12.2. The molecule has 1 aliphatic heterocycles. The minimum absolute atomic E-state index is 0.164. The van der Waals surface area contributed by atoms with Crippen LogP contribution in [-0.4, -0.2) is 52.5 Å². The number of benzene rings is 1. The summed E-state index contributed by atoms with van der Waals surface area (Å²) in [4.78, 5) is 12.5. The van der Waals surface area contributed by atoms with E-state index in [1.54, 1.807) is 19.1 Å². The smallest absolute Gasteiger partial charge is 0.193 e. The summed E-state index contributed by atoms with van der Waals surface area (Å²) in [5.74, 6) is 4.03. The minimum Gasteiger partial charge on any atom is -0.493 e. The first-order valence-electron chi connectivity index (χ1n) is 9.28. The summed E-state index contributed by atoms with van der Waals surface area (Å²) >= 11 is 5.74. The second-order valence-corrected chi connectivity index (χ2v) is 10.3. The van der Waals surface area contributed by atoms with E-state index in [2.05, 4.69) is 28.4 Å². The Bertz CT molecular complexity index is 658. The molecule has 1 aromatic carbocycles. The third-order valence-corrected chi connectivity index (χ3v) is 7.85. The zero-order chi connectivity index (χ0) is 20.5. The standard InChI is InChI=1S/C13H17NO2S2.C7H12NO.Os/c1-15-11-5-4-9(6-12(11)16-2)13-14-10(7-17-3)8-18-13;1-3-7(9)8(2)6-4-5-6;/h3-6,10,13-14H,7-8H2,1-2H3;6H,2-5H2,1H3;/q;-1;. The van der Waals surface area contributed by atoms with Crippen molar-refractivity contribution in [1.82, 2.24) is 10.2 Å². The molecule has 0 bridgehead atoms. The summed E-state index contributed by atoms with van der Waals surface area (Å²) in [6.45, 7) is 1.86. The van der Waals surface area contributed by atoms with Crippen molar-refractivity contribution in [3.8, 4) is 11.5 Å². The Kier molecular flexibility index (Phi) is 10.4. The van der Waals surface area contributed by atoms with E-state index in [9.17, 15) is 4.79 Å². The molecule has 2 atom stereocenters. The fraction of sp³-hybridized carbons (Fsp3) is 0.550. The zero-order valence-electron chi connectivity index (χ0n) is 16.6. The number of methoxy groups -OCH3 is 2. The van der Waals surface area contributed by atoms with Gasteiger partial charge >= 0.3 is 133 Å². The Hall–Kier alpha value is -0.544. The van der Waals surface area contributed by atoms with Crippen LogP contribution in [0, 0.1) is 7.05 Å². The molecule has 1 amide bonds. The van der Waals surface area contributed by atoms with Gasteiger partial charge in [-0.25, -0.2) is 0 Å². The van der Waals surface area contributed by atoms with Crippen LogP contribution in [-0.2, 0) is 22.9 Å². The van der Waals surface area contributed by atoms with E-state index in [1.807, 2.05) is 54.7 Å². The van der Waals surface area contributed by atoms with Crippen molar-refractivity contribution >= 4 is 33.3 Å². The van der Waals surface area contributed by atoms with Gasteiger partial charge in [-0.05, 0) is 12.8 Å². The summed E-state index contributed by atoms with van der Waals surface area (Å²) in [5, 5.41) is 4.01. The zero-order valence-corrected chi connectivity index (χ0v) is 20.8. The normalized spacial score (nSPS) is 20.8. The molecule has 158 valence electrons. The number of hydrogen-bond acceptors (Lipinski definition) is 6. The Morgan fingerprint density at radius 3 is 2.68 bits per heavy atom. The van der Waals surface area contributed by atoms with Gasteiger partial charge in [0.1, 0.15) is 0 Å². The number of hydrogen-bond donors (Lipinski definition) is 1.